The molecule has 2 heterocycles. The highest BCUT2D eigenvalue weighted by molar-refractivity contribution is 9.10. The van der Waals surface area contributed by atoms with Gasteiger partial charge in [-0.05, 0) is 61.1 Å². The van der Waals surface area contributed by atoms with Crippen LogP contribution in [0, 0.1) is 27.9 Å². The summed E-state index contributed by atoms with van der Waals surface area (Å²) >= 11 is 3.46. The minimum absolute atomic E-state index is 0.174. The zero-order valence-electron chi connectivity index (χ0n) is 22.3. The minimum atomic E-state index is -0.577. The maximum Gasteiger partial charge on any atom is 0.271 e. The molecule has 1 aliphatic carbocycles. The lowest BCUT2D eigenvalue weighted by molar-refractivity contribution is -0.384. The van der Waals surface area contributed by atoms with Crippen LogP contribution in [0.15, 0.2) is 63.7 Å². The van der Waals surface area contributed by atoms with E-state index in [1.54, 1.807) is 25.3 Å². The van der Waals surface area contributed by atoms with Crippen molar-refractivity contribution in [3.05, 3.63) is 79.3 Å². The molecule has 2 aromatic rings. The first-order valence-electron chi connectivity index (χ1n) is 13.4. The summed E-state index contributed by atoms with van der Waals surface area (Å²) in [5.74, 6) is -1.84. The lowest BCUT2D eigenvalue weighted by Gasteiger charge is -2.31. The first-order chi connectivity index (χ1) is 19.2. The molecule has 0 bridgehead atoms. The molecule has 2 aromatic carbocycles. The number of benzene rings is 2. The number of non-ortho nitro benzene ring substituents is 1. The Bertz CT molecular complexity index is 1420. The number of imide groups is 1. The Morgan fingerprint density at radius 2 is 2.02 bits per heavy atom. The number of allylic oxidation sites excluding steroid dienone is 1. The van der Waals surface area contributed by atoms with Crippen molar-refractivity contribution in [3.63, 3.8) is 0 Å². The number of anilines is 1. The molecule has 0 spiro atoms. The van der Waals surface area contributed by atoms with Crippen LogP contribution >= 0.6 is 15.9 Å². The van der Waals surface area contributed by atoms with Crippen LogP contribution in [0.3, 0.4) is 0 Å². The number of carbonyl (C=O) groups excluding carboxylic acids is 2. The Kier molecular flexibility index (Phi) is 8.21. The van der Waals surface area contributed by atoms with Gasteiger partial charge in [-0.2, -0.15) is 0 Å². The number of aromatic hydroxyl groups is 1. The Labute approximate surface area is 240 Å². The summed E-state index contributed by atoms with van der Waals surface area (Å²) in [4.78, 5) is 39.1. The largest absolute Gasteiger partial charge is 0.507 e. The third-order valence-electron chi connectivity index (χ3n) is 8.16. The van der Waals surface area contributed by atoms with Crippen molar-refractivity contribution in [2.45, 2.75) is 38.7 Å². The maximum atomic E-state index is 13.7. The van der Waals surface area contributed by atoms with Crippen molar-refractivity contribution < 1.29 is 29.1 Å². The predicted molar refractivity (Wildman–Crippen MR) is 153 cm³/mol. The molecule has 10 heteroatoms. The van der Waals surface area contributed by atoms with E-state index in [0.717, 1.165) is 44.5 Å². The molecule has 210 valence electrons. The fraction of sp³-hybridized carbons (Fsp3) is 0.400. The Balaban J connectivity index is 1.40. The molecule has 0 unspecified atom stereocenters. The maximum absolute atomic E-state index is 13.7. The number of amides is 2. The molecule has 0 aromatic heterocycles. The highest BCUT2D eigenvalue weighted by atomic mass is 79.9. The van der Waals surface area contributed by atoms with Crippen molar-refractivity contribution in [2.75, 3.05) is 25.2 Å². The van der Waals surface area contributed by atoms with Crippen LogP contribution in [0.25, 0.3) is 6.08 Å². The summed E-state index contributed by atoms with van der Waals surface area (Å²) in [6.45, 7) is 2.74. The average molecular weight is 611 g/mol. The van der Waals surface area contributed by atoms with E-state index in [2.05, 4.69) is 22.9 Å². The number of nitro groups is 1. The number of nitrogens with zero attached hydrogens (tertiary/aromatic N) is 2. The number of fused-ring (bicyclic) bond motifs is 3. The summed E-state index contributed by atoms with van der Waals surface area (Å²) < 4.78 is 12.7. The molecule has 0 saturated carbocycles. The van der Waals surface area contributed by atoms with Gasteiger partial charge in [-0.3, -0.25) is 19.7 Å². The number of carbonyl (C=O) groups is 2. The van der Waals surface area contributed by atoms with E-state index in [9.17, 15) is 24.8 Å². The first-order valence-corrected chi connectivity index (χ1v) is 14.1. The fourth-order valence-corrected chi connectivity index (χ4v) is 6.69. The van der Waals surface area contributed by atoms with Gasteiger partial charge in [0, 0.05) is 35.2 Å². The minimum Gasteiger partial charge on any atom is -0.507 e. The second kappa shape index (κ2) is 11.6. The van der Waals surface area contributed by atoms with Crippen molar-refractivity contribution in [1.29, 1.82) is 0 Å². The molecule has 4 atom stereocenters. The van der Waals surface area contributed by atoms with E-state index in [1.807, 2.05) is 12.1 Å². The molecule has 2 aliphatic heterocycles. The summed E-state index contributed by atoms with van der Waals surface area (Å²) in [5.41, 5.74) is 3.99. The summed E-state index contributed by atoms with van der Waals surface area (Å²) in [5, 5.41) is 21.6. The van der Waals surface area contributed by atoms with Gasteiger partial charge < -0.3 is 14.6 Å². The van der Waals surface area contributed by atoms with Crippen molar-refractivity contribution >= 4 is 45.2 Å². The quantitative estimate of drug-likeness (QED) is 0.165. The average Bonchev–Trinajstić information content (AvgIpc) is 3.47. The number of ether oxygens (including phenoxy) is 2. The molecular weight excluding hydrogens is 580 g/mol. The van der Waals surface area contributed by atoms with Gasteiger partial charge in [-0.25, -0.2) is 4.90 Å². The zero-order chi connectivity index (χ0) is 28.6. The van der Waals surface area contributed by atoms with Gasteiger partial charge in [0.05, 0.1) is 41.8 Å². The van der Waals surface area contributed by atoms with Crippen LogP contribution in [0.5, 0.6) is 5.75 Å². The van der Waals surface area contributed by atoms with Gasteiger partial charge >= 0.3 is 0 Å². The molecule has 2 saturated heterocycles. The van der Waals surface area contributed by atoms with E-state index in [4.69, 9.17) is 9.47 Å². The molecule has 2 fully saturated rings. The molecule has 40 heavy (non-hydrogen) atoms. The normalized spacial score (nSPS) is 24.5. The predicted octanol–water partition coefficient (Wildman–Crippen LogP) is 5.80. The Morgan fingerprint density at radius 1 is 1.23 bits per heavy atom. The van der Waals surface area contributed by atoms with Crippen LogP contribution < -0.4 is 4.90 Å². The second-order valence-corrected chi connectivity index (χ2v) is 11.4. The third-order valence-corrected chi connectivity index (χ3v) is 8.65. The molecule has 9 nitrogen and oxygen atoms in total. The van der Waals surface area contributed by atoms with Crippen molar-refractivity contribution in [1.82, 2.24) is 0 Å². The number of methoxy groups -OCH3 is 1. The SMILES string of the molecule is CC/C(=C\c1cc(Br)ccc1O)CC[C@H]1OC[C@H]2C1=C(COC)C[C@H]1C(=O)N(c3cccc([N+](=O)[O-])c3)C(=O)[C@H]12. The summed E-state index contributed by atoms with van der Waals surface area (Å²) in [6, 6.07) is 11.0. The molecule has 3 aliphatic rings. The van der Waals surface area contributed by atoms with E-state index in [1.165, 1.54) is 18.2 Å². The highest BCUT2D eigenvalue weighted by Gasteiger charge is 2.57. The van der Waals surface area contributed by atoms with Gasteiger partial charge in [0.1, 0.15) is 5.75 Å². The second-order valence-electron chi connectivity index (χ2n) is 10.4. The van der Waals surface area contributed by atoms with Gasteiger partial charge in [0.2, 0.25) is 11.8 Å². The zero-order valence-corrected chi connectivity index (χ0v) is 23.9. The molecule has 0 radical (unpaired) electrons. The molecular formula is C30H31BrN2O7. The molecule has 2 amide bonds. The lowest BCUT2D eigenvalue weighted by Crippen LogP contribution is -2.35. The molecule has 5 rings (SSSR count). The summed E-state index contributed by atoms with van der Waals surface area (Å²) in [7, 11) is 1.61. The number of hydrogen-bond acceptors (Lipinski definition) is 7. The number of rotatable bonds is 9. The van der Waals surface area contributed by atoms with Gasteiger partial charge in [0.15, 0.2) is 0 Å². The van der Waals surface area contributed by atoms with Crippen molar-refractivity contribution in [3.8, 4) is 5.75 Å². The van der Waals surface area contributed by atoms with Gasteiger partial charge in [-0.15, -0.1) is 0 Å². The summed E-state index contributed by atoms with van der Waals surface area (Å²) in [6.07, 6.45) is 4.43. The van der Waals surface area contributed by atoms with Gasteiger partial charge in [-0.1, -0.05) is 40.6 Å². The third kappa shape index (κ3) is 5.23. The van der Waals surface area contributed by atoms with Crippen LogP contribution in [0.4, 0.5) is 11.4 Å². The van der Waals surface area contributed by atoms with E-state index >= 15 is 0 Å². The smallest absolute Gasteiger partial charge is 0.271 e. The standard InChI is InChI=1S/C30H31BrN2O7/c1-3-17(11-18-12-20(31)8-9-25(18)34)7-10-26-27-19(15-39-2)13-23-28(24(27)16-40-26)30(36)32(29(23)35)21-5-4-6-22(14-21)33(37)38/h4-6,8-9,11-12,14,23-24,26,28,34H,3,7,10,13,15-16H2,1-2H3/b17-11+/t23-,24+,26-,28-/m1/s1. The number of hydrogen-bond donors (Lipinski definition) is 1. The Morgan fingerprint density at radius 3 is 2.75 bits per heavy atom. The van der Waals surface area contributed by atoms with E-state index in [-0.39, 0.29) is 41.0 Å². The van der Waals surface area contributed by atoms with Crippen LogP contribution in [0.1, 0.15) is 38.2 Å². The number of phenols is 1. The van der Waals surface area contributed by atoms with E-state index in [0.29, 0.717) is 26.1 Å². The fourth-order valence-electron chi connectivity index (χ4n) is 6.31. The van der Waals surface area contributed by atoms with Crippen LogP contribution in [-0.2, 0) is 19.1 Å². The topological polar surface area (TPSA) is 119 Å². The van der Waals surface area contributed by atoms with Crippen molar-refractivity contribution in [2.24, 2.45) is 17.8 Å². The highest BCUT2D eigenvalue weighted by Crippen LogP contribution is 2.50. The number of halogens is 1. The van der Waals surface area contributed by atoms with E-state index < -0.39 is 16.8 Å². The van der Waals surface area contributed by atoms with Gasteiger partial charge in [0.25, 0.3) is 5.69 Å². The first kappa shape index (κ1) is 28.2. The number of nitro benzene ring substituents is 1. The monoisotopic (exact) mass is 610 g/mol. The van der Waals surface area contributed by atoms with Crippen LogP contribution in [-0.4, -0.2) is 48.3 Å². The molecule has 1 N–H and O–H groups in total. The lowest BCUT2D eigenvalue weighted by atomic mass is 9.69. The number of phenolic OH excluding ortho intramolecular Hbond substituents is 1. The Hall–Kier alpha value is -3.34. The van der Waals surface area contributed by atoms with Crippen LogP contribution in [0.2, 0.25) is 0 Å².